The Morgan fingerprint density at radius 3 is 2.35 bits per heavy atom. The predicted molar refractivity (Wildman–Crippen MR) is 93.3 cm³/mol. The maximum absolute atomic E-state index is 12.3. The SMILES string of the molecule is CCCc1ccc(NC(=O)c2cccc(NS(C)(=O)=O)c2)cc1. The summed E-state index contributed by atoms with van der Waals surface area (Å²) in [5.41, 5.74) is 2.68. The van der Waals surface area contributed by atoms with Crippen molar-refractivity contribution in [1.82, 2.24) is 0 Å². The molecule has 0 aliphatic carbocycles. The molecule has 0 heterocycles. The quantitative estimate of drug-likeness (QED) is 0.852. The molecule has 2 N–H and O–H groups in total. The van der Waals surface area contributed by atoms with E-state index >= 15 is 0 Å². The van der Waals surface area contributed by atoms with Crippen LogP contribution in [0, 0.1) is 0 Å². The van der Waals surface area contributed by atoms with Gasteiger partial charge in [-0.05, 0) is 42.3 Å². The highest BCUT2D eigenvalue weighted by Crippen LogP contribution is 2.15. The van der Waals surface area contributed by atoms with Crippen LogP contribution in [0.3, 0.4) is 0 Å². The summed E-state index contributed by atoms with van der Waals surface area (Å²) in [6, 6.07) is 14.1. The lowest BCUT2D eigenvalue weighted by molar-refractivity contribution is 0.102. The van der Waals surface area contributed by atoms with Gasteiger partial charge in [0.2, 0.25) is 10.0 Å². The van der Waals surface area contributed by atoms with Gasteiger partial charge in [-0.2, -0.15) is 0 Å². The molecule has 0 atom stereocenters. The molecular weight excluding hydrogens is 312 g/mol. The summed E-state index contributed by atoms with van der Waals surface area (Å²) >= 11 is 0. The van der Waals surface area contributed by atoms with Gasteiger partial charge in [-0.15, -0.1) is 0 Å². The summed E-state index contributed by atoms with van der Waals surface area (Å²) in [6.45, 7) is 2.12. The Morgan fingerprint density at radius 1 is 1.04 bits per heavy atom. The van der Waals surface area contributed by atoms with Gasteiger partial charge in [0.1, 0.15) is 0 Å². The molecule has 0 bridgehead atoms. The minimum Gasteiger partial charge on any atom is -0.322 e. The van der Waals surface area contributed by atoms with E-state index < -0.39 is 10.0 Å². The van der Waals surface area contributed by atoms with Crippen LogP contribution in [0.25, 0.3) is 0 Å². The van der Waals surface area contributed by atoms with E-state index in [2.05, 4.69) is 17.0 Å². The van der Waals surface area contributed by atoms with Crippen molar-refractivity contribution < 1.29 is 13.2 Å². The van der Waals surface area contributed by atoms with Gasteiger partial charge < -0.3 is 5.32 Å². The van der Waals surface area contributed by atoms with Crippen LogP contribution >= 0.6 is 0 Å². The highest BCUT2D eigenvalue weighted by atomic mass is 32.2. The fourth-order valence-corrected chi connectivity index (χ4v) is 2.74. The molecule has 2 aromatic carbocycles. The number of nitrogens with one attached hydrogen (secondary N) is 2. The summed E-state index contributed by atoms with van der Waals surface area (Å²) in [6.07, 6.45) is 3.15. The minimum atomic E-state index is -3.37. The van der Waals surface area contributed by atoms with Crippen LogP contribution in [0.5, 0.6) is 0 Å². The van der Waals surface area contributed by atoms with Crippen LogP contribution in [0.2, 0.25) is 0 Å². The maximum atomic E-state index is 12.3. The van der Waals surface area contributed by atoms with E-state index in [1.54, 1.807) is 18.2 Å². The zero-order chi connectivity index (χ0) is 16.9. The zero-order valence-electron chi connectivity index (χ0n) is 13.2. The van der Waals surface area contributed by atoms with Gasteiger partial charge in [0, 0.05) is 16.9 Å². The van der Waals surface area contributed by atoms with Crippen LogP contribution in [0.4, 0.5) is 11.4 Å². The Hall–Kier alpha value is -2.34. The minimum absolute atomic E-state index is 0.287. The third-order valence-corrected chi connectivity index (χ3v) is 3.78. The number of aryl methyl sites for hydroxylation is 1. The van der Waals surface area contributed by atoms with Crippen molar-refractivity contribution >= 4 is 27.3 Å². The molecule has 0 aliphatic heterocycles. The Morgan fingerprint density at radius 2 is 1.74 bits per heavy atom. The lowest BCUT2D eigenvalue weighted by Gasteiger charge is -2.08. The molecule has 0 radical (unpaired) electrons. The van der Waals surface area contributed by atoms with Crippen molar-refractivity contribution in [2.24, 2.45) is 0 Å². The van der Waals surface area contributed by atoms with Crippen molar-refractivity contribution in [3.05, 3.63) is 59.7 Å². The van der Waals surface area contributed by atoms with E-state index in [1.165, 1.54) is 11.6 Å². The summed E-state index contributed by atoms with van der Waals surface area (Å²) < 4.78 is 24.8. The van der Waals surface area contributed by atoms with E-state index in [0.29, 0.717) is 16.9 Å². The molecule has 122 valence electrons. The molecule has 0 aromatic heterocycles. The second-order valence-corrected chi connectivity index (χ2v) is 7.10. The molecule has 0 saturated carbocycles. The largest absolute Gasteiger partial charge is 0.322 e. The normalized spacial score (nSPS) is 11.0. The zero-order valence-corrected chi connectivity index (χ0v) is 14.0. The smallest absolute Gasteiger partial charge is 0.255 e. The Labute approximate surface area is 136 Å². The first-order valence-corrected chi connectivity index (χ1v) is 9.24. The Bertz CT molecular complexity index is 784. The van der Waals surface area contributed by atoms with Crippen molar-refractivity contribution in [3.63, 3.8) is 0 Å². The summed E-state index contributed by atoms with van der Waals surface area (Å²) in [5, 5.41) is 2.80. The average Bonchev–Trinajstić information content (AvgIpc) is 2.48. The topological polar surface area (TPSA) is 75.3 Å². The molecular formula is C17H20N2O3S. The summed E-state index contributed by atoms with van der Waals surface area (Å²) in [5.74, 6) is -0.287. The van der Waals surface area contributed by atoms with E-state index in [4.69, 9.17) is 0 Å². The number of benzene rings is 2. The number of carbonyl (C=O) groups excluding carboxylic acids is 1. The van der Waals surface area contributed by atoms with Crippen molar-refractivity contribution in [1.29, 1.82) is 0 Å². The first kappa shape index (κ1) is 17.0. The van der Waals surface area contributed by atoms with E-state index in [-0.39, 0.29) is 5.91 Å². The molecule has 2 rings (SSSR count). The summed E-state index contributed by atoms with van der Waals surface area (Å²) in [7, 11) is -3.37. The monoisotopic (exact) mass is 332 g/mol. The second kappa shape index (κ2) is 7.28. The maximum Gasteiger partial charge on any atom is 0.255 e. The van der Waals surface area contributed by atoms with Crippen molar-refractivity contribution in [3.8, 4) is 0 Å². The molecule has 0 aliphatic rings. The number of anilines is 2. The second-order valence-electron chi connectivity index (χ2n) is 5.36. The van der Waals surface area contributed by atoms with Crippen LogP contribution in [0.15, 0.2) is 48.5 Å². The van der Waals surface area contributed by atoms with Gasteiger partial charge >= 0.3 is 0 Å². The molecule has 5 nitrogen and oxygen atoms in total. The van der Waals surface area contributed by atoms with Gasteiger partial charge in [-0.1, -0.05) is 31.5 Å². The predicted octanol–water partition coefficient (Wildman–Crippen LogP) is 3.26. The number of rotatable bonds is 6. The van der Waals surface area contributed by atoms with E-state index in [1.807, 2.05) is 24.3 Å². The number of hydrogen-bond donors (Lipinski definition) is 2. The fourth-order valence-electron chi connectivity index (χ4n) is 2.18. The molecule has 0 unspecified atom stereocenters. The fraction of sp³-hybridized carbons (Fsp3) is 0.235. The van der Waals surface area contributed by atoms with Crippen LogP contribution in [0.1, 0.15) is 29.3 Å². The van der Waals surface area contributed by atoms with Crippen molar-refractivity contribution in [2.75, 3.05) is 16.3 Å². The van der Waals surface area contributed by atoms with Gasteiger partial charge in [0.25, 0.3) is 5.91 Å². The highest BCUT2D eigenvalue weighted by Gasteiger charge is 2.08. The number of amides is 1. The first-order valence-electron chi connectivity index (χ1n) is 7.35. The van der Waals surface area contributed by atoms with Crippen molar-refractivity contribution in [2.45, 2.75) is 19.8 Å². The van der Waals surface area contributed by atoms with Gasteiger partial charge in [-0.3, -0.25) is 9.52 Å². The number of sulfonamides is 1. The molecule has 1 amide bonds. The van der Waals surface area contributed by atoms with Crippen LogP contribution < -0.4 is 10.0 Å². The van der Waals surface area contributed by atoms with E-state index in [9.17, 15) is 13.2 Å². The van der Waals surface area contributed by atoms with Gasteiger partial charge in [-0.25, -0.2) is 8.42 Å². The average molecular weight is 332 g/mol. The lowest BCUT2D eigenvalue weighted by atomic mass is 10.1. The lowest BCUT2D eigenvalue weighted by Crippen LogP contribution is -2.13. The van der Waals surface area contributed by atoms with Gasteiger partial charge in [0.05, 0.1) is 6.26 Å². The molecule has 0 fully saturated rings. The third kappa shape index (κ3) is 5.41. The highest BCUT2D eigenvalue weighted by molar-refractivity contribution is 7.92. The Balaban J connectivity index is 2.09. The summed E-state index contributed by atoms with van der Waals surface area (Å²) in [4.78, 5) is 12.3. The number of carbonyl (C=O) groups is 1. The standard InChI is InChI=1S/C17H20N2O3S/c1-3-5-13-8-10-15(11-9-13)18-17(20)14-6-4-7-16(12-14)19-23(2,21)22/h4,6-12,19H,3,5H2,1-2H3,(H,18,20). The van der Waals surface area contributed by atoms with Crippen LogP contribution in [-0.4, -0.2) is 20.6 Å². The Kier molecular flexibility index (Phi) is 5.39. The molecule has 0 spiro atoms. The number of hydrogen-bond acceptors (Lipinski definition) is 3. The molecule has 2 aromatic rings. The molecule has 6 heteroatoms. The van der Waals surface area contributed by atoms with E-state index in [0.717, 1.165) is 19.1 Å². The first-order chi connectivity index (χ1) is 10.9. The van der Waals surface area contributed by atoms with Crippen LogP contribution in [-0.2, 0) is 16.4 Å². The van der Waals surface area contributed by atoms with Gasteiger partial charge in [0.15, 0.2) is 0 Å². The molecule has 0 saturated heterocycles. The third-order valence-electron chi connectivity index (χ3n) is 3.18. The molecule has 23 heavy (non-hydrogen) atoms.